The highest BCUT2D eigenvalue weighted by Crippen LogP contribution is 2.54. The van der Waals surface area contributed by atoms with Gasteiger partial charge in [-0.05, 0) is 27.8 Å². The number of benzene rings is 2. The Hall–Kier alpha value is -1.38. The number of rotatable bonds is 5. The van der Waals surface area contributed by atoms with Crippen molar-refractivity contribution in [3.63, 3.8) is 0 Å². The molecule has 0 amide bonds. The van der Waals surface area contributed by atoms with E-state index in [1.54, 1.807) is 14.2 Å². The molecule has 2 aromatic rings. The molecule has 112 valence electrons. The maximum atomic E-state index is 5.64. The molecule has 3 rings (SSSR count). The van der Waals surface area contributed by atoms with Crippen molar-refractivity contribution in [1.29, 1.82) is 0 Å². The molecule has 0 N–H and O–H groups in total. The summed E-state index contributed by atoms with van der Waals surface area (Å²) in [6.07, 6.45) is 0. The molecule has 0 heterocycles. The highest BCUT2D eigenvalue weighted by molar-refractivity contribution is 5.93. The Morgan fingerprint density at radius 1 is 1.00 bits per heavy atom. The predicted molar refractivity (Wildman–Crippen MR) is 87.0 cm³/mol. The molecule has 0 saturated carbocycles. The van der Waals surface area contributed by atoms with Gasteiger partial charge in [0.1, 0.15) is 0 Å². The average Bonchev–Trinajstić information content (AvgIpc) is 2.73. The Bertz CT molecular complexity index is 634. The Morgan fingerprint density at radius 2 is 1.62 bits per heavy atom. The third kappa shape index (κ3) is 2.01. The van der Waals surface area contributed by atoms with E-state index >= 15 is 0 Å². The van der Waals surface area contributed by atoms with Crippen LogP contribution in [0.15, 0.2) is 36.4 Å². The number of hydrogen-bond donors (Lipinski definition) is 0. The van der Waals surface area contributed by atoms with Gasteiger partial charge in [-0.3, -0.25) is 0 Å². The fraction of sp³-hybridized carbons (Fsp3) is 0.474. The van der Waals surface area contributed by atoms with Crippen LogP contribution in [0, 0.1) is 5.92 Å². The standard InChI is InChI=1S/C19H24O2/c1-13(2)18-15-9-5-7-14-8-6-10-16(17(14)15)19(18,11-20-3)12-21-4/h5-10,13,18H,11-12H2,1-4H3. The first kappa shape index (κ1) is 14.6. The zero-order valence-corrected chi connectivity index (χ0v) is 13.3. The third-order valence-electron chi connectivity index (χ3n) is 4.87. The van der Waals surface area contributed by atoms with Gasteiger partial charge in [-0.2, -0.15) is 0 Å². The van der Waals surface area contributed by atoms with Crippen LogP contribution in [0.2, 0.25) is 0 Å². The maximum absolute atomic E-state index is 5.64. The topological polar surface area (TPSA) is 18.5 Å². The van der Waals surface area contributed by atoms with Gasteiger partial charge in [-0.15, -0.1) is 0 Å². The van der Waals surface area contributed by atoms with Gasteiger partial charge in [0.15, 0.2) is 0 Å². The van der Waals surface area contributed by atoms with Crippen molar-refractivity contribution in [3.05, 3.63) is 47.5 Å². The van der Waals surface area contributed by atoms with E-state index in [0.29, 0.717) is 25.0 Å². The molecule has 1 aliphatic carbocycles. The summed E-state index contributed by atoms with van der Waals surface area (Å²) in [7, 11) is 3.58. The second-order valence-corrected chi connectivity index (χ2v) is 6.49. The summed E-state index contributed by atoms with van der Waals surface area (Å²) in [4.78, 5) is 0. The molecule has 1 unspecified atom stereocenters. The number of hydrogen-bond acceptors (Lipinski definition) is 2. The van der Waals surface area contributed by atoms with E-state index in [-0.39, 0.29) is 5.41 Å². The SMILES string of the molecule is COCC1(COC)c2cccc3cccc(c23)C1C(C)C. The average molecular weight is 284 g/mol. The third-order valence-corrected chi connectivity index (χ3v) is 4.87. The number of ether oxygens (including phenoxy) is 2. The van der Waals surface area contributed by atoms with Gasteiger partial charge in [0.2, 0.25) is 0 Å². The monoisotopic (exact) mass is 284 g/mol. The first-order chi connectivity index (χ1) is 10.2. The van der Waals surface area contributed by atoms with Gasteiger partial charge in [0.25, 0.3) is 0 Å². The summed E-state index contributed by atoms with van der Waals surface area (Å²) in [5.41, 5.74) is 2.76. The largest absolute Gasteiger partial charge is 0.384 e. The normalized spacial score (nSPS) is 19.6. The minimum atomic E-state index is -0.0825. The first-order valence-corrected chi connectivity index (χ1v) is 7.65. The van der Waals surface area contributed by atoms with Crippen LogP contribution in [0.3, 0.4) is 0 Å². The fourth-order valence-electron chi connectivity index (χ4n) is 4.40. The van der Waals surface area contributed by atoms with Crippen LogP contribution in [-0.2, 0) is 14.9 Å². The molecule has 0 bridgehead atoms. The molecule has 0 aliphatic heterocycles. The van der Waals surface area contributed by atoms with Crippen molar-refractivity contribution in [3.8, 4) is 0 Å². The number of methoxy groups -OCH3 is 2. The van der Waals surface area contributed by atoms with Gasteiger partial charge >= 0.3 is 0 Å². The van der Waals surface area contributed by atoms with E-state index in [1.807, 2.05) is 0 Å². The smallest absolute Gasteiger partial charge is 0.0587 e. The van der Waals surface area contributed by atoms with Gasteiger partial charge in [0, 0.05) is 25.6 Å². The molecule has 0 saturated heterocycles. The fourth-order valence-corrected chi connectivity index (χ4v) is 4.40. The lowest BCUT2D eigenvalue weighted by Crippen LogP contribution is -2.41. The van der Waals surface area contributed by atoms with Gasteiger partial charge in [-0.1, -0.05) is 50.2 Å². The van der Waals surface area contributed by atoms with E-state index in [4.69, 9.17) is 9.47 Å². The van der Waals surface area contributed by atoms with Crippen molar-refractivity contribution in [2.45, 2.75) is 25.2 Å². The summed E-state index contributed by atoms with van der Waals surface area (Å²) in [5, 5.41) is 2.73. The van der Waals surface area contributed by atoms with Crippen LogP contribution < -0.4 is 0 Å². The summed E-state index contributed by atoms with van der Waals surface area (Å²) >= 11 is 0. The highest BCUT2D eigenvalue weighted by atomic mass is 16.5. The molecular formula is C19H24O2. The van der Waals surface area contributed by atoms with E-state index in [0.717, 1.165) is 0 Å². The van der Waals surface area contributed by atoms with Crippen molar-refractivity contribution in [1.82, 2.24) is 0 Å². The molecular weight excluding hydrogens is 260 g/mol. The molecule has 2 aromatic carbocycles. The van der Waals surface area contributed by atoms with Crippen LogP contribution in [0.1, 0.15) is 30.9 Å². The zero-order valence-electron chi connectivity index (χ0n) is 13.3. The Balaban J connectivity index is 2.32. The summed E-state index contributed by atoms with van der Waals surface area (Å²) in [6.45, 7) is 5.99. The quantitative estimate of drug-likeness (QED) is 0.822. The second kappa shape index (κ2) is 5.43. The first-order valence-electron chi connectivity index (χ1n) is 7.65. The van der Waals surface area contributed by atoms with Gasteiger partial charge in [0.05, 0.1) is 13.2 Å². The van der Waals surface area contributed by atoms with E-state index < -0.39 is 0 Å². The van der Waals surface area contributed by atoms with Crippen molar-refractivity contribution >= 4 is 10.8 Å². The van der Waals surface area contributed by atoms with E-state index in [1.165, 1.54) is 21.9 Å². The lowest BCUT2D eigenvalue weighted by molar-refractivity contribution is 0.0381. The zero-order chi connectivity index (χ0) is 15.0. The molecule has 2 heteroatoms. The lowest BCUT2D eigenvalue weighted by atomic mass is 9.69. The van der Waals surface area contributed by atoms with Gasteiger partial charge in [-0.25, -0.2) is 0 Å². The van der Waals surface area contributed by atoms with Crippen molar-refractivity contribution < 1.29 is 9.47 Å². The molecule has 0 aromatic heterocycles. The Morgan fingerprint density at radius 3 is 2.19 bits per heavy atom. The summed E-state index contributed by atoms with van der Waals surface area (Å²) < 4.78 is 11.3. The second-order valence-electron chi connectivity index (χ2n) is 6.49. The maximum Gasteiger partial charge on any atom is 0.0587 e. The van der Waals surface area contributed by atoms with E-state index in [2.05, 4.69) is 50.2 Å². The van der Waals surface area contributed by atoms with Crippen LogP contribution >= 0.6 is 0 Å². The molecule has 1 atom stereocenters. The lowest BCUT2D eigenvalue weighted by Gasteiger charge is -2.38. The van der Waals surface area contributed by atoms with Crippen LogP contribution in [-0.4, -0.2) is 27.4 Å². The predicted octanol–water partition coefficient (Wildman–Crippen LogP) is 4.12. The van der Waals surface area contributed by atoms with Crippen molar-refractivity contribution in [2.75, 3.05) is 27.4 Å². The minimum Gasteiger partial charge on any atom is -0.384 e. The van der Waals surface area contributed by atoms with Crippen LogP contribution in [0.4, 0.5) is 0 Å². The minimum absolute atomic E-state index is 0.0825. The summed E-state index contributed by atoms with van der Waals surface area (Å²) in [6, 6.07) is 13.3. The molecule has 1 aliphatic rings. The molecule has 2 nitrogen and oxygen atoms in total. The van der Waals surface area contributed by atoms with Gasteiger partial charge < -0.3 is 9.47 Å². The molecule has 0 spiro atoms. The molecule has 21 heavy (non-hydrogen) atoms. The molecule has 0 fully saturated rings. The van der Waals surface area contributed by atoms with Crippen LogP contribution in [0.5, 0.6) is 0 Å². The highest BCUT2D eigenvalue weighted by Gasteiger charge is 2.49. The Kier molecular flexibility index (Phi) is 3.76. The Labute approximate surface area is 127 Å². The van der Waals surface area contributed by atoms with Crippen LogP contribution in [0.25, 0.3) is 10.8 Å². The van der Waals surface area contributed by atoms with E-state index in [9.17, 15) is 0 Å². The molecule has 0 radical (unpaired) electrons. The van der Waals surface area contributed by atoms with Crippen molar-refractivity contribution in [2.24, 2.45) is 5.92 Å². The summed E-state index contributed by atoms with van der Waals surface area (Å²) in [5.74, 6) is 0.965.